The number of fused-ring (bicyclic) bond motifs is 3. The summed E-state index contributed by atoms with van der Waals surface area (Å²) in [5.41, 5.74) is 5.68. The second-order valence-corrected chi connectivity index (χ2v) is 9.42. The quantitative estimate of drug-likeness (QED) is 0.224. The van der Waals surface area contributed by atoms with Crippen molar-refractivity contribution in [2.75, 3.05) is 0 Å². The van der Waals surface area contributed by atoms with Crippen LogP contribution in [0.15, 0.2) is 102 Å². The fourth-order valence-corrected chi connectivity index (χ4v) is 4.75. The Kier molecular flexibility index (Phi) is 5.70. The normalized spacial score (nSPS) is 18.1. The van der Waals surface area contributed by atoms with E-state index in [0.29, 0.717) is 16.3 Å². The Morgan fingerprint density at radius 3 is 2.42 bits per heavy atom. The molecule has 0 spiro atoms. The number of ether oxygens (including phenoxy) is 2. The molecule has 178 valence electrons. The lowest BCUT2D eigenvalue weighted by Gasteiger charge is -2.38. The second kappa shape index (κ2) is 9.17. The van der Waals surface area contributed by atoms with Gasteiger partial charge in [0, 0.05) is 22.6 Å². The minimum absolute atomic E-state index is 0.0599. The summed E-state index contributed by atoms with van der Waals surface area (Å²) in [6.07, 6.45) is 0.363. The third-order valence-corrected chi connectivity index (χ3v) is 6.79. The maximum Gasteiger partial charge on any atom is 0.343 e. The lowest BCUT2D eigenvalue weighted by molar-refractivity contribution is -0.0190. The number of para-hydroxylation sites is 1. The first-order valence-electron chi connectivity index (χ1n) is 11.8. The van der Waals surface area contributed by atoms with Gasteiger partial charge < -0.3 is 9.47 Å². The van der Waals surface area contributed by atoms with E-state index in [0.717, 1.165) is 40.1 Å². The molecule has 2 heterocycles. The molecular formula is C30H23ClN2O3. The summed E-state index contributed by atoms with van der Waals surface area (Å²) < 4.78 is 12.0. The Hall–Kier alpha value is -4.09. The van der Waals surface area contributed by atoms with Crippen LogP contribution in [0, 0.1) is 6.92 Å². The smallest absolute Gasteiger partial charge is 0.343 e. The van der Waals surface area contributed by atoms with Crippen LogP contribution in [0.25, 0.3) is 0 Å². The largest absolute Gasteiger partial charge is 0.464 e. The highest BCUT2D eigenvalue weighted by Gasteiger charge is 2.40. The van der Waals surface area contributed by atoms with Crippen molar-refractivity contribution in [2.45, 2.75) is 25.6 Å². The summed E-state index contributed by atoms with van der Waals surface area (Å²) in [4.78, 5) is 12.5. The van der Waals surface area contributed by atoms with E-state index >= 15 is 0 Å². The number of carbonyl (C=O) groups is 1. The minimum atomic E-state index is -0.406. The van der Waals surface area contributed by atoms with Crippen molar-refractivity contribution in [3.63, 3.8) is 0 Å². The van der Waals surface area contributed by atoms with Gasteiger partial charge in [-0.1, -0.05) is 59.6 Å². The predicted octanol–water partition coefficient (Wildman–Crippen LogP) is 7.11. The molecule has 0 unspecified atom stereocenters. The number of hydrogen-bond acceptors (Lipinski definition) is 5. The fraction of sp³-hybridized carbons (Fsp3) is 0.133. The first-order valence-corrected chi connectivity index (χ1v) is 12.2. The predicted molar refractivity (Wildman–Crippen MR) is 140 cm³/mol. The number of carbonyl (C=O) groups excluding carboxylic acids is 1. The van der Waals surface area contributed by atoms with Gasteiger partial charge in [0.2, 0.25) is 6.23 Å². The van der Waals surface area contributed by atoms with E-state index in [1.807, 2.05) is 78.7 Å². The Morgan fingerprint density at radius 1 is 0.944 bits per heavy atom. The van der Waals surface area contributed by atoms with Crippen molar-refractivity contribution in [1.82, 2.24) is 5.01 Å². The highest BCUT2D eigenvalue weighted by atomic mass is 35.5. The molecule has 0 saturated carbocycles. The second-order valence-electron chi connectivity index (χ2n) is 8.99. The van der Waals surface area contributed by atoms with E-state index < -0.39 is 6.23 Å². The van der Waals surface area contributed by atoms with E-state index in [4.69, 9.17) is 26.2 Å². The van der Waals surface area contributed by atoms with Gasteiger partial charge >= 0.3 is 5.97 Å². The molecule has 6 rings (SSSR count). The van der Waals surface area contributed by atoms with Crippen molar-refractivity contribution in [2.24, 2.45) is 5.10 Å². The molecule has 4 aromatic carbocycles. The van der Waals surface area contributed by atoms with Gasteiger partial charge in [-0.15, -0.1) is 0 Å². The molecule has 4 aromatic rings. The molecule has 0 radical (unpaired) electrons. The summed E-state index contributed by atoms with van der Waals surface area (Å²) in [5.74, 6) is 0.942. The van der Waals surface area contributed by atoms with E-state index in [2.05, 4.69) is 6.07 Å². The van der Waals surface area contributed by atoms with Gasteiger partial charge in [0.1, 0.15) is 11.5 Å². The summed E-state index contributed by atoms with van der Waals surface area (Å²) in [5, 5.41) is 7.71. The topological polar surface area (TPSA) is 51.1 Å². The third kappa shape index (κ3) is 4.23. The zero-order valence-corrected chi connectivity index (χ0v) is 20.4. The van der Waals surface area contributed by atoms with Crippen LogP contribution < -0.4 is 9.47 Å². The molecule has 2 atom stereocenters. The molecule has 0 fully saturated rings. The average Bonchev–Trinajstić information content (AvgIpc) is 3.35. The number of hydrogen-bond donors (Lipinski definition) is 0. The summed E-state index contributed by atoms with van der Waals surface area (Å²) in [6, 6.07) is 30.7. The molecule has 6 heteroatoms. The van der Waals surface area contributed by atoms with Gasteiger partial charge in [-0.3, -0.25) is 0 Å². The number of nitrogens with zero attached hydrogens (tertiary/aromatic N) is 2. The first-order chi connectivity index (χ1) is 17.5. The van der Waals surface area contributed by atoms with E-state index in [1.54, 1.807) is 24.3 Å². The highest BCUT2D eigenvalue weighted by molar-refractivity contribution is 6.30. The summed E-state index contributed by atoms with van der Waals surface area (Å²) in [7, 11) is 0. The monoisotopic (exact) mass is 494 g/mol. The maximum absolute atomic E-state index is 12.5. The van der Waals surface area contributed by atoms with Crippen LogP contribution in [0.2, 0.25) is 5.02 Å². The lowest BCUT2D eigenvalue weighted by atomic mass is 9.96. The highest BCUT2D eigenvalue weighted by Crippen LogP contribution is 2.47. The molecule has 2 aliphatic heterocycles. The zero-order chi connectivity index (χ0) is 24.6. The summed E-state index contributed by atoms with van der Waals surface area (Å²) in [6.45, 7) is 1.98. The van der Waals surface area contributed by atoms with Gasteiger partial charge in [0.05, 0.1) is 17.3 Å². The number of aryl methyl sites for hydroxylation is 1. The Balaban J connectivity index is 1.28. The Morgan fingerprint density at radius 2 is 1.67 bits per heavy atom. The Labute approximate surface area is 214 Å². The number of benzene rings is 4. The van der Waals surface area contributed by atoms with Crippen LogP contribution in [0.1, 0.15) is 51.3 Å². The molecule has 36 heavy (non-hydrogen) atoms. The molecule has 0 aliphatic carbocycles. The van der Waals surface area contributed by atoms with Crippen molar-refractivity contribution in [1.29, 1.82) is 0 Å². The number of hydrazone groups is 1. The molecule has 5 nitrogen and oxygen atoms in total. The standard InChI is InChI=1S/C30H23ClN2O3/c1-19-6-8-22(9-7-19)30(34)35-24-16-12-21(13-17-24)29-33-27(25-4-2-3-5-28(25)36-29)18-26(32-33)20-10-14-23(31)15-11-20/h2-17,27,29H,18H2,1H3/t27-,29+/m0/s1. The first kappa shape index (κ1) is 22.4. The molecular weight excluding hydrogens is 472 g/mol. The zero-order valence-electron chi connectivity index (χ0n) is 19.6. The van der Waals surface area contributed by atoms with Crippen LogP contribution in [-0.4, -0.2) is 16.7 Å². The Bertz CT molecular complexity index is 1450. The molecule has 0 saturated heterocycles. The van der Waals surface area contributed by atoms with Gasteiger partial charge in [-0.05, 0) is 67.1 Å². The molecule has 0 amide bonds. The third-order valence-electron chi connectivity index (χ3n) is 6.54. The van der Waals surface area contributed by atoms with Crippen molar-refractivity contribution in [3.05, 3.63) is 130 Å². The van der Waals surface area contributed by atoms with Crippen LogP contribution in [-0.2, 0) is 0 Å². The molecule has 2 aliphatic rings. The molecule has 0 N–H and O–H groups in total. The average molecular weight is 495 g/mol. The van der Waals surface area contributed by atoms with Crippen LogP contribution in [0.3, 0.4) is 0 Å². The number of halogens is 1. The van der Waals surface area contributed by atoms with E-state index in [-0.39, 0.29) is 12.0 Å². The van der Waals surface area contributed by atoms with Gasteiger partial charge in [-0.2, -0.15) is 5.10 Å². The fourth-order valence-electron chi connectivity index (χ4n) is 4.63. The van der Waals surface area contributed by atoms with Crippen LogP contribution in [0.5, 0.6) is 11.5 Å². The van der Waals surface area contributed by atoms with Crippen molar-refractivity contribution < 1.29 is 14.3 Å². The summed E-state index contributed by atoms with van der Waals surface area (Å²) >= 11 is 6.09. The van der Waals surface area contributed by atoms with Crippen LogP contribution >= 0.6 is 11.6 Å². The number of rotatable bonds is 4. The molecule has 0 bridgehead atoms. The van der Waals surface area contributed by atoms with Gasteiger partial charge in [0.25, 0.3) is 0 Å². The minimum Gasteiger partial charge on any atom is -0.464 e. The van der Waals surface area contributed by atoms with Crippen molar-refractivity contribution in [3.8, 4) is 11.5 Å². The number of esters is 1. The maximum atomic E-state index is 12.5. The van der Waals surface area contributed by atoms with E-state index in [1.165, 1.54) is 0 Å². The molecule has 0 aromatic heterocycles. The SMILES string of the molecule is Cc1ccc(C(=O)Oc2ccc([C@H]3Oc4ccccc4[C@@H]4CC(c5ccc(Cl)cc5)=NN34)cc2)cc1. The lowest BCUT2D eigenvalue weighted by Crippen LogP contribution is -2.33. The van der Waals surface area contributed by atoms with E-state index in [9.17, 15) is 4.79 Å². The van der Waals surface area contributed by atoms with Gasteiger partial charge in [0.15, 0.2) is 0 Å². The van der Waals surface area contributed by atoms with Crippen molar-refractivity contribution >= 4 is 23.3 Å². The van der Waals surface area contributed by atoms with Crippen LogP contribution in [0.4, 0.5) is 0 Å². The van der Waals surface area contributed by atoms with Gasteiger partial charge in [-0.25, -0.2) is 9.80 Å².